The molecule has 4 atom stereocenters. The van der Waals surface area contributed by atoms with Crippen LogP contribution in [0.2, 0.25) is 0 Å². The number of alkyl halides is 3. The highest BCUT2D eigenvalue weighted by molar-refractivity contribution is 7.15. The third kappa shape index (κ3) is 13.7. The van der Waals surface area contributed by atoms with Crippen molar-refractivity contribution in [2.75, 3.05) is 26.4 Å². The highest BCUT2D eigenvalue weighted by Crippen LogP contribution is 2.40. The lowest BCUT2D eigenvalue weighted by atomic mass is 10.0. The van der Waals surface area contributed by atoms with E-state index in [0.717, 1.165) is 11.3 Å². The zero-order chi connectivity index (χ0) is 57.6. The molecular formula is C49H46F3N13O9S6. The molecule has 1 aromatic carbocycles. The van der Waals surface area contributed by atoms with Crippen molar-refractivity contribution < 1.29 is 56.9 Å². The van der Waals surface area contributed by atoms with Gasteiger partial charge in [0.25, 0.3) is 17.7 Å². The maximum atomic E-state index is 14.2. The summed E-state index contributed by atoms with van der Waals surface area (Å²) in [5, 5.41) is 42.6. The minimum absolute atomic E-state index is 0.0147. The molecule has 0 aliphatic carbocycles. The molecule has 0 radical (unpaired) electrons. The van der Waals surface area contributed by atoms with Crippen LogP contribution in [0.25, 0.3) is 43.4 Å². The van der Waals surface area contributed by atoms with Crippen molar-refractivity contribution in [2.24, 2.45) is 5.92 Å². The van der Waals surface area contributed by atoms with E-state index >= 15 is 0 Å². The number of rotatable bonds is 8. The number of ether oxygens (including phenoxy) is 1. The second-order valence-corrected chi connectivity index (χ2v) is 23.3. The normalized spacial score (nSPS) is 16.6. The van der Waals surface area contributed by atoms with Crippen molar-refractivity contribution >= 4 is 109 Å². The Hall–Kier alpha value is -7.52. The van der Waals surface area contributed by atoms with Gasteiger partial charge in [0.1, 0.15) is 82.2 Å². The van der Waals surface area contributed by atoms with Crippen molar-refractivity contribution in [2.45, 2.75) is 64.2 Å². The van der Waals surface area contributed by atoms with Crippen LogP contribution in [0.1, 0.15) is 106 Å². The Labute approximate surface area is 476 Å². The van der Waals surface area contributed by atoms with Crippen LogP contribution in [-0.2, 0) is 25.7 Å². The Balaban J connectivity index is 0.00000113. The van der Waals surface area contributed by atoms with Gasteiger partial charge in [0, 0.05) is 46.1 Å². The number of aliphatic hydroxyl groups excluding tert-OH is 1. The predicted octanol–water partition coefficient (Wildman–Crippen LogP) is 7.53. The molecule has 9 N–H and O–H groups in total. The second-order valence-electron chi connectivity index (χ2n) is 17.5. The largest absolute Gasteiger partial charge is 0.490 e. The van der Waals surface area contributed by atoms with Crippen molar-refractivity contribution in [3.63, 3.8) is 0 Å². The number of pyridine rings is 1. The molecule has 7 aromatic heterocycles. The number of hydrogen-bond donors (Lipinski definition) is 8. The third-order valence-corrected chi connectivity index (χ3v) is 17.3. The van der Waals surface area contributed by atoms with E-state index in [9.17, 15) is 42.3 Å². The minimum Gasteiger partial charge on any atom is -0.475 e. The average Bonchev–Trinajstić information content (AvgIpc) is 4.36. The minimum atomic E-state index is -5.08. The van der Waals surface area contributed by atoms with Gasteiger partial charge in [-0.2, -0.15) is 13.2 Å². The topological polar surface area (TPSA) is 329 Å². The van der Waals surface area contributed by atoms with Crippen molar-refractivity contribution in [1.29, 1.82) is 0 Å². The number of aromatic nitrogens is 7. The summed E-state index contributed by atoms with van der Waals surface area (Å²) in [5.74, 6) is -5.40. The Morgan fingerprint density at radius 1 is 0.738 bits per heavy atom. The number of aryl methyl sites for hydroxylation is 1. The van der Waals surface area contributed by atoms with Gasteiger partial charge in [-0.1, -0.05) is 44.2 Å². The van der Waals surface area contributed by atoms with Crippen LogP contribution in [0.5, 0.6) is 0 Å². The monoisotopic (exact) mass is 1210 g/mol. The second kappa shape index (κ2) is 25.3. The number of carboxylic acids is 1. The highest BCUT2D eigenvalue weighted by atomic mass is 32.1. The molecule has 10 bridgehead atoms. The van der Waals surface area contributed by atoms with Crippen LogP contribution in [0.3, 0.4) is 0 Å². The summed E-state index contributed by atoms with van der Waals surface area (Å²) in [5.41, 5.74) is 9.16. The van der Waals surface area contributed by atoms with E-state index in [1.54, 1.807) is 53.4 Å². The lowest BCUT2D eigenvalue weighted by Gasteiger charge is -2.23. The molecule has 0 unspecified atom stereocenters. The van der Waals surface area contributed by atoms with Gasteiger partial charge >= 0.3 is 12.1 Å². The van der Waals surface area contributed by atoms with Crippen molar-refractivity contribution in [3.05, 3.63) is 111 Å². The number of hydrogen-bond acceptors (Lipinski definition) is 22. The Morgan fingerprint density at radius 3 is 2.08 bits per heavy atom. The van der Waals surface area contributed by atoms with Gasteiger partial charge in [-0.25, -0.2) is 39.7 Å². The predicted molar refractivity (Wildman–Crippen MR) is 295 cm³/mol. The van der Waals surface area contributed by atoms with Crippen LogP contribution >= 0.6 is 68.0 Å². The van der Waals surface area contributed by atoms with E-state index in [1.807, 2.05) is 31.4 Å². The number of methoxy groups -OCH3 is 1. The number of aliphatic carboxylic acids is 1. The summed E-state index contributed by atoms with van der Waals surface area (Å²) in [6.07, 6.45) is -6.51. The molecule has 1 aliphatic heterocycles. The van der Waals surface area contributed by atoms with Crippen LogP contribution in [-0.4, -0.2) is 107 Å². The standard InChI is InChI=1S/C47H45N13O7S6.C2HF3O2/c1-20(2)33-47-60-36(29(73-47)15-67-5)40(65)50-14-32(62)57-37(38(63)22-9-7-6-8-10-22)46-55-28(18-70-46)44-53-26(16-69-44)35-23(11-12-24(51-35)43-56-30(48)19-71-43)42-54-27(17-68-42)39(64)52-25(13-31(61)49-4)45-59-34(21(3)72-45)41(66)58-33;3-2(4,5)1(6)7/h6-12,16-20,25,33,37-38,63H,13-15,48H2,1-5H3,(H,49,61)(H,50,65)(H,52,64)(H,57,62)(H,58,66);(H,6,7)/t25-,33-,37-,38-;/m0./s1. The number of thiazole rings is 6. The number of fused-ring (bicyclic) bond motifs is 14. The fourth-order valence-electron chi connectivity index (χ4n) is 7.60. The molecule has 31 heteroatoms. The number of nitrogens with zero attached hydrogens (tertiary/aromatic N) is 7. The molecule has 8 aromatic rings. The first kappa shape index (κ1) is 58.6. The molecule has 80 heavy (non-hydrogen) atoms. The molecule has 418 valence electrons. The van der Waals surface area contributed by atoms with E-state index in [1.165, 1.54) is 70.8 Å². The maximum absolute atomic E-state index is 14.2. The number of anilines is 1. The number of carbonyl (C=O) groups excluding carboxylic acids is 5. The zero-order valence-corrected chi connectivity index (χ0v) is 47.3. The smallest absolute Gasteiger partial charge is 0.475 e. The molecule has 0 saturated carbocycles. The van der Waals surface area contributed by atoms with Gasteiger partial charge in [0.05, 0.1) is 42.2 Å². The lowest BCUT2D eigenvalue weighted by molar-refractivity contribution is -0.192. The number of carbonyl (C=O) groups is 6. The van der Waals surface area contributed by atoms with Gasteiger partial charge in [-0.05, 0) is 30.5 Å². The Bertz CT molecular complexity index is 3580. The number of benzene rings is 1. The van der Waals surface area contributed by atoms with Gasteiger partial charge in [-0.3, -0.25) is 24.0 Å². The van der Waals surface area contributed by atoms with E-state index in [0.29, 0.717) is 79.5 Å². The van der Waals surface area contributed by atoms with Gasteiger partial charge < -0.3 is 47.3 Å². The van der Waals surface area contributed by atoms with Crippen molar-refractivity contribution in [1.82, 2.24) is 61.5 Å². The van der Waals surface area contributed by atoms with E-state index in [-0.39, 0.29) is 41.9 Å². The van der Waals surface area contributed by atoms with Gasteiger partial charge in [-0.15, -0.1) is 68.0 Å². The number of halogens is 3. The summed E-state index contributed by atoms with van der Waals surface area (Å²) >= 11 is 7.40. The first-order chi connectivity index (χ1) is 38.1. The molecule has 1 aliphatic rings. The first-order valence-electron chi connectivity index (χ1n) is 23.6. The van der Waals surface area contributed by atoms with Gasteiger partial charge in [0.2, 0.25) is 11.8 Å². The fourth-order valence-corrected chi connectivity index (χ4v) is 13.0. The first-order valence-corrected chi connectivity index (χ1v) is 28.8. The molecule has 0 fully saturated rings. The summed E-state index contributed by atoms with van der Waals surface area (Å²) in [7, 11) is 2.96. The number of nitrogen functional groups attached to an aromatic ring is 1. The molecule has 0 spiro atoms. The Morgan fingerprint density at radius 2 is 1.40 bits per heavy atom. The van der Waals surface area contributed by atoms with Crippen LogP contribution < -0.4 is 32.3 Å². The maximum Gasteiger partial charge on any atom is 0.490 e. The van der Waals surface area contributed by atoms with Crippen LogP contribution in [0, 0.1) is 12.8 Å². The van der Waals surface area contributed by atoms with E-state index in [2.05, 4.69) is 41.5 Å². The zero-order valence-electron chi connectivity index (χ0n) is 42.4. The van der Waals surface area contributed by atoms with Crippen molar-refractivity contribution in [3.8, 4) is 43.4 Å². The molecule has 5 amide bonds. The summed E-state index contributed by atoms with van der Waals surface area (Å²) in [6, 6.07) is 9.76. The summed E-state index contributed by atoms with van der Waals surface area (Å²) < 4.78 is 37.2. The molecule has 22 nitrogen and oxygen atoms in total. The third-order valence-electron chi connectivity index (χ3n) is 11.5. The highest BCUT2D eigenvalue weighted by Gasteiger charge is 2.38. The fraction of sp³-hybridized carbons (Fsp3) is 0.286. The molecule has 0 saturated heterocycles. The number of aliphatic hydroxyl groups is 1. The summed E-state index contributed by atoms with van der Waals surface area (Å²) in [6.45, 7) is 5.04. The number of carboxylic acid groups (broad SMARTS) is 1. The quantitative estimate of drug-likeness (QED) is 0.0729. The SMILES string of the molecule is CNC(=O)C[C@@H]1NC(=O)c2csc(n2)-c2ccc(-c3nc(N)cs3)nc2-c2csc(n2)-c2csc(n2)[C@H]([C@@H](O)c2ccccc2)NC(=O)CNC(=O)c2nc(sc2COC)[C@H](C(C)C)NC(=O)c2nc1sc2C.O=C(O)C(F)(F)F. The molecule has 9 rings (SSSR count). The number of nitrogens with one attached hydrogen (secondary N) is 5. The Kier molecular flexibility index (Phi) is 18.5. The number of amides is 5. The number of nitrogens with two attached hydrogens (primary N) is 1. The molecule has 8 heterocycles. The average molecular weight is 1210 g/mol. The molecular weight excluding hydrogens is 1160 g/mol. The lowest BCUT2D eigenvalue weighted by Crippen LogP contribution is -2.40. The van der Waals surface area contributed by atoms with Crippen LogP contribution in [0.15, 0.2) is 64.0 Å². The van der Waals surface area contributed by atoms with Crippen LogP contribution in [0.4, 0.5) is 19.0 Å². The van der Waals surface area contributed by atoms with E-state index < -0.39 is 66.5 Å². The van der Waals surface area contributed by atoms with E-state index in [4.69, 9.17) is 40.3 Å². The van der Waals surface area contributed by atoms with Gasteiger partial charge in [0.15, 0.2) is 0 Å². The summed E-state index contributed by atoms with van der Waals surface area (Å²) in [4.78, 5) is 112.